The quantitative estimate of drug-likeness (QED) is 0.167. The molecule has 9 aromatic rings. The topological polar surface area (TPSA) is 56.7 Å². The zero-order valence-electron chi connectivity index (χ0n) is 26.0. The standard InChI is InChI=1S/C31H20N3O.C11H8N.Ir/c1-20-16-17-25(29-28(20)24-14-8-9-15-27(24)35-29)31-33-30-26(34(31)23-12-6-3-7-13-23)18-22(19-32-30)21-10-4-2-5-11-21;1-2-6-10(7-3-1)11-8-4-5-9-12-11;/h2-16,18-19H,1H3;1-6,8-9H;/q2*-1;. The molecular formula is C42H28IrN4O-2. The minimum atomic E-state index is 0. The van der Waals surface area contributed by atoms with Crippen molar-refractivity contribution < 1.29 is 24.5 Å². The van der Waals surface area contributed by atoms with E-state index < -0.39 is 0 Å². The summed E-state index contributed by atoms with van der Waals surface area (Å²) in [4.78, 5) is 14.0. The second-order valence-corrected chi connectivity index (χ2v) is 11.2. The van der Waals surface area contributed by atoms with Gasteiger partial charge in [0, 0.05) is 49.1 Å². The van der Waals surface area contributed by atoms with Crippen LogP contribution in [0.3, 0.4) is 0 Å². The first-order valence-electron chi connectivity index (χ1n) is 15.4. The maximum Gasteiger partial charge on any atom is 0.168 e. The third-order valence-corrected chi connectivity index (χ3v) is 8.16. The maximum atomic E-state index is 6.39. The van der Waals surface area contributed by atoms with Gasteiger partial charge in [-0.25, -0.2) is 4.98 Å². The summed E-state index contributed by atoms with van der Waals surface area (Å²) in [5, 5.41) is 2.20. The van der Waals surface area contributed by atoms with Gasteiger partial charge in [-0.2, -0.15) is 0 Å². The molecule has 5 aromatic carbocycles. The van der Waals surface area contributed by atoms with Gasteiger partial charge in [-0.3, -0.25) is 4.98 Å². The monoisotopic (exact) mass is 797 g/mol. The Kier molecular flexibility index (Phi) is 8.76. The van der Waals surface area contributed by atoms with Gasteiger partial charge < -0.3 is 14.0 Å². The van der Waals surface area contributed by atoms with Gasteiger partial charge in [0.1, 0.15) is 5.58 Å². The molecule has 0 unspecified atom stereocenters. The van der Waals surface area contributed by atoms with Crippen LogP contribution in [0, 0.1) is 19.1 Å². The number of imidazole rings is 1. The van der Waals surface area contributed by atoms with Crippen LogP contribution in [0.15, 0.2) is 156 Å². The SMILES string of the molecule is Cc1c[c-]c(-c2nc3ncc(-c4ccccc4)cc3n2-c2ccccc2)c2oc3ccccc3c12.[Ir].[c-]1ccccc1-c1ccccn1. The van der Waals surface area contributed by atoms with Crippen LogP contribution in [0.1, 0.15) is 5.56 Å². The molecule has 0 N–H and O–H groups in total. The second-order valence-electron chi connectivity index (χ2n) is 11.2. The van der Waals surface area contributed by atoms with E-state index in [1.54, 1.807) is 6.20 Å². The van der Waals surface area contributed by atoms with Gasteiger partial charge in [0.15, 0.2) is 5.65 Å². The molecule has 233 valence electrons. The molecular weight excluding hydrogens is 769 g/mol. The van der Waals surface area contributed by atoms with E-state index in [-0.39, 0.29) is 20.1 Å². The molecule has 0 fully saturated rings. The smallest absolute Gasteiger partial charge is 0.168 e. The molecule has 0 saturated carbocycles. The first-order valence-corrected chi connectivity index (χ1v) is 15.4. The van der Waals surface area contributed by atoms with E-state index in [1.165, 1.54) is 0 Å². The fraction of sp³-hybridized carbons (Fsp3) is 0.0238. The first kappa shape index (κ1) is 30.9. The molecule has 5 nitrogen and oxygen atoms in total. The van der Waals surface area contributed by atoms with Crippen LogP contribution in [-0.4, -0.2) is 19.5 Å². The Morgan fingerprint density at radius 3 is 2.23 bits per heavy atom. The summed E-state index contributed by atoms with van der Waals surface area (Å²) in [6.07, 6.45) is 3.68. The molecule has 0 atom stereocenters. The number of hydrogen-bond donors (Lipinski definition) is 0. The van der Waals surface area contributed by atoms with Crippen LogP contribution in [0.2, 0.25) is 0 Å². The Morgan fingerprint density at radius 1 is 0.708 bits per heavy atom. The summed E-state index contributed by atoms with van der Waals surface area (Å²) in [5.41, 5.74) is 10.4. The number of para-hydroxylation sites is 2. The molecule has 0 amide bonds. The maximum absolute atomic E-state index is 6.39. The number of furan rings is 1. The molecule has 0 saturated heterocycles. The fourth-order valence-corrected chi connectivity index (χ4v) is 5.93. The van der Waals surface area contributed by atoms with Gasteiger partial charge in [-0.1, -0.05) is 96.7 Å². The minimum Gasteiger partial charge on any atom is -0.501 e. The molecule has 4 aromatic heterocycles. The van der Waals surface area contributed by atoms with E-state index in [0.29, 0.717) is 5.65 Å². The molecule has 0 aliphatic heterocycles. The van der Waals surface area contributed by atoms with Gasteiger partial charge in [0.25, 0.3) is 0 Å². The third-order valence-electron chi connectivity index (χ3n) is 8.16. The average molecular weight is 797 g/mol. The Balaban J connectivity index is 0.000000237. The molecule has 1 radical (unpaired) electrons. The summed E-state index contributed by atoms with van der Waals surface area (Å²) in [7, 11) is 0. The van der Waals surface area contributed by atoms with E-state index in [9.17, 15) is 0 Å². The Labute approximate surface area is 291 Å². The van der Waals surface area contributed by atoms with Crippen molar-refractivity contribution in [1.82, 2.24) is 19.5 Å². The normalized spacial score (nSPS) is 10.9. The molecule has 0 spiro atoms. The molecule has 48 heavy (non-hydrogen) atoms. The van der Waals surface area contributed by atoms with Crippen molar-refractivity contribution in [3.05, 3.63) is 170 Å². The van der Waals surface area contributed by atoms with Crippen LogP contribution in [-0.2, 0) is 20.1 Å². The van der Waals surface area contributed by atoms with Crippen molar-refractivity contribution in [2.45, 2.75) is 6.92 Å². The van der Waals surface area contributed by atoms with Crippen LogP contribution >= 0.6 is 0 Å². The summed E-state index contributed by atoms with van der Waals surface area (Å²) < 4.78 is 8.55. The van der Waals surface area contributed by atoms with Crippen molar-refractivity contribution in [3.63, 3.8) is 0 Å². The number of pyridine rings is 2. The van der Waals surface area contributed by atoms with E-state index in [4.69, 9.17) is 14.4 Å². The summed E-state index contributed by atoms with van der Waals surface area (Å²) in [5.74, 6) is 0.757. The van der Waals surface area contributed by atoms with Crippen molar-refractivity contribution in [1.29, 1.82) is 0 Å². The molecule has 4 heterocycles. The molecule has 0 bridgehead atoms. The summed E-state index contributed by atoms with van der Waals surface area (Å²) in [6, 6.07) is 53.2. The number of nitrogens with zero attached hydrogens (tertiary/aromatic N) is 4. The van der Waals surface area contributed by atoms with E-state index in [0.717, 1.165) is 72.5 Å². The van der Waals surface area contributed by atoms with Crippen molar-refractivity contribution >= 4 is 33.1 Å². The van der Waals surface area contributed by atoms with Crippen LogP contribution in [0.4, 0.5) is 0 Å². The average Bonchev–Trinajstić information content (AvgIpc) is 3.73. The van der Waals surface area contributed by atoms with E-state index in [2.05, 4.69) is 65.0 Å². The molecule has 0 aliphatic rings. The number of fused-ring (bicyclic) bond motifs is 4. The zero-order valence-corrected chi connectivity index (χ0v) is 28.4. The Bertz CT molecular complexity index is 2420. The van der Waals surface area contributed by atoms with Crippen LogP contribution < -0.4 is 0 Å². The predicted octanol–water partition coefficient (Wildman–Crippen LogP) is 10.3. The number of aryl methyl sites for hydroxylation is 1. The fourth-order valence-electron chi connectivity index (χ4n) is 5.93. The number of hydrogen-bond acceptors (Lipinski definition) is 4. The molecule has 9 rings (SSSR count). The predicted molar refractivity (Wildman–Crippen MR) is 189 cm³/mol. The number of benzene rings is 5. The Hall–Kier alpha value is -5.68. The van der Waals surface area contributed by atoms with Gasteiger partial charge in [-0.15, -0.1) is 53.6 Å². The Morgan fingerprint density at radius 2 is 1.46 bits per heavy atom. The van der Waals surface area contributed by atoms with Gasteiger partial charge in [0.05, 0.1) is 16.9 Å². The third kappa shape index (κ3) is 5.84. The first-order chi connectivity index (χ1) is 23.2. The van der Waals surface area contributed by atoms with Gasteiger partial charge in [0.2, 0.25) is 0 Å². The van der Waals surface area contributed by atoms with Crippen molar-refractivity contribution in [2.75, 3.05) is 0 Å². The van der Waals surface area contributed by atoms with Crippen LogP contribution in [0.25, 0.3) is 72.6 Å². The summed E-state index contributed by atoms with van der Waals surface area (Å²) in [6.45, 7) is 2.10. The van der Waals surface area contributed by atoms with Crippen LogP contribution in [0.5, 0.6) is 0 Å². The van der Waals surface area contributed by atoms with Gasteiger partial charge >= 0.3 is 0 Å². The van der Waals surface area contributed by atoms with E-state index in [1.807, 2.05) is 109 Å². The second kappa shape index (κ2) is 13.6. The molecule has 6 heteroatoms. The minimum absolute atomic E-state index is 0. The van der Waals surface area contributed by atoms with E-state index >= 15 is 0 Å². The zero-order chi connectivity index (χ0) is 31.6. The number of rotatable bonds is 4. The van der Waals surface area contributed by atoms with Crippen molar-refractivity contribution in [3.8, 4) is 39.5 Å². The van der Waals surface area contributed by atoms with Crippen molar-refractivity contribution in [2.24, 2.45) is 0 Å². The summed E-state index contributed by atoms with van der Waals surface area (Å²) >= 11 is 0. The number of aromatic nitrogens is 4. The largest absolute Gasteiger partial charge is 0.501 e. The van der Waals surface area contributed by atoms with Gasteiger partial charge in [-0.05, 0) is 41.6 Å². The molecule has 0 aliphatic carbocycles.